The molecule has 26 heavy (non-hydrogen) atoms. The second kappa shape index (κ2) is 8.64. The Morgan fingerprint density at radius 1 is 1.19 bits per heavy atom. The Balaban J connectivity index is 1.75. The fraction of sp³-hybridized carbons (Fsp3) is 0.400. The number of hydrogen-bond donors (Lipinski definition) is 0. The molecule has 0 N–H and O–H groups in total. The maximum absolute atomic E-state index is 6.26. The molecule has 0 aliphatic heterocycles. The van der Waals surface area contributed by atoms with E-state index >= 15 is 0 Å². The lowest BCUT2D eigenvalue weighted by atomic mass is 10.2. The molecule has 2 heterocycles. The Morgan fingerprint density at radius 2 is 2.00 bits per heavy atom. The van der Waals surface area contributed by atoms with Crippen LogP contribution >= 0.6 is 35.0 Å². The van der Waals surface area contributed by atoms with Crippen molar-refractivity contribution < 1.29 is 0 Å². The number of imidazole rings is 1. The molecule has 3 aromatic rings. The van der Waals surface area contributed by atoms with Crippen LogP contribution in [0.4, 0.5) is 0 Å². The van der Waals surface area contributed by atoms with Gasteiger partial charge in [0.25, 0.3) is 0 Å². The van der Waals surface area contributed by atoms with Gasteiger partial charge in [-0.05, 0) is 56.2 Å². The number of aryl methyl sites for hydroxylation is 4. The van der Waals surface area contributed by atoms with E-state index in [-0.39, 0.29) is 0 Å². The molecule has 138 valence electrons. The highest BCUT2D eigenvalue weighted by Gasteiger charge is 2.14. The number of rotatable bonds is 7. The molecule has 0 saturated heterocycles. The average molecular weight is 408 g/mol. The summed E-state index contributed by atoms with van der Waals surface area (Å²) < 4.78 is 2.38. The summed E-state index contributed by atoms with van der Waals surface area (Å²) in [7, 11) is 0. The van der Waals surface area contributed by atoms with E-state index in [1.54, 1.807) is 17.8 Å². The standard InChI is InChI=1S/C20H23Cl2N3S/c1-4-6-19-24-17-12-23-14(3)13(2)20(17)25(19)9-5-10-26-18-8-7-15(21)11-16(18)22/h7-8,11-12H,4-6,9-10H2,1-3H3. The number of nitrogens with zero attached hydrogens (tertiary/aromatic N) is 3. The Hall–Kier alpha value is -1.23. The maximum Gasteiger partial charge on any atom is 0.109 e. The minimum absolute atomic E-state index is 0.674. The number of benzene rings is 1. The molecule has 0 aliphatic rings. The molecular weight excluding hydrogens is 385 g/mol. The molecule has 2 aromatic heterocycles. The lowest BCUT2D eigenvalue weighted by Gasteiger charge is -2.11. The Labute approximate surface area is 169 Å². The molecule has 0 radical (unpaired) electrons. The van der Waals surface area contributed by atoms with Crippen molar-refractivity contribution in [3.63, 3.8) is 0 Å². The summed E-state index contributed by atoms with van der Waals surface area (Å²) in [4.78, 5) is 10.4. The van der Waals surface area contributed by atoms with Crippen molar-refractivity contribution in [1.29, 1.82) is 0 Å². The minimum Gasteiger partial charge on any atom is -0.328 e. The monoisotopic (exact) mass is 407 g/mol. The van der Waals surface area contributed by atoms with Gasteiger partial charge in [-0.3, -0.25) is 4.98 Å². The average Bonchev–Trinajstić information content (AvgIpc) is 2.95. The number of aromatic nitrogens is 3. The molecule has 0 bridgehead atoms. The molecule has 1 aromatic carbocycles. The number of hydrogen-bond acceptors (Lipinski definition) is 3. The normalized spacial score (nSPS) is 11.4. The van der Waals surface area contributed by atoms with Crippen molar-refractivity contribution >= 4 is 46.0 Å². The zero-order valence-electron chi connectivity index (χ0n) is 15.4. The zero-order chi connectivity index (χ0) is 18.7. The first-order valence-corrected chi connectivity index (χ1v) is 10.6. The van der Waals surface area contributed by atoms with Gasteiger partial charge in [0.15, 0.2) is 0 Å². The van der Waals surface area contributed by atoms with Crippen molar-refractivity contribution in [1.82, 2.24) is 14.5 Å². The zero-order valence-corrected chi connectivity index (χ0v) is 17.7. The van der Waals surface area contributed by atoms with Crippen molar-refractivity contribution in [2.24, 2.45) is 0 Å². The number of pyridine rings is 1. The number of fused-ring (bicyclic) bond motifs is 1. The van der Waals surface area contributed by atoms with E-state index in [9.17, 15) is 0 Å². The first-order valence-electron chi connectivity index (χ1n) is 8.90. The first-order chi connectivity index (χ1) is 12.5. The Bertz CT molecular complexity index is 921. The van der Waals surface area contributed by atoms with Crippen molar-refractivity contribution in [2.75, 3.05) is 5.75 Å². The third-order valence-corrected chi connectivity index (χ3v) is 6.32. The van der Waals surface area contributed by atoms with E-state index in [0.717, 1.165) is 58.5 Å². The van der Waals surface area contributed by atoms with Crippen LogP contribution in [-0.2, 0) is 13.0 Å². The third kappa shape index (κ3) is 4.19. The van der Waals surface area contributed by atoms with Crippen LogP contribution in [0.2, 0.25) is 10.0 Å². The molecule has 3 rings (SSSR count). The van der Waals surface area contributed by atoms with E-state index in [0.29, 0.717) is 5.02 Å². The van der Waals surface area contributed by atoms with Gasteiger partial charge in [0.2, 0.25) is 0 Å². The summed E-state index contributed by atoms with van der Waals surface area (Å²) in [6.07, 6.45) is 5.02. The van der Waals surface area contributed by atoms with Gasteiger partial charge in [-0.25, -0.2) is 4.98 Å². The van der Waals surface area contributed by atoms with Gasteiger partial charge in [0.05, 0.1) is 16.7 Å². The Kier molecular flexibility index (Phi) is 6.49. The molecule has 3 nitrogen and oxygen atoms in total. The van der Waals surface area contributed by atoms with Gasteiger partial charge in [-0.15, -0.1) is 11.8 Å². The number of thioether (sulfide) groups is 1. The molecule has 0 unspecified atom stereocenters. The molecule has 0 saturated carbocycles. The van der Waals surface area contributed by atoms with Crippen LogP contribution in [0.25, 0.3) is 11.0 Å². The van der Waals surface area contributed by atoms with Gasteiger partial charge in [0.1, 0.15) is 11.3 Å². The van der Waals surface area contributed by atoms with Crippen molar-refractivity contribution in [3.8, 4) is 0 Å². The summed E-state index contributed by atoms with van der Waals surface area (Å²) in [6, 6.07) is 5.68. The van der Waals surface area contributed by atoms with Gasteiger partial charge < -0.3 is 4.57 Å². The summed E-state index contributed by atoms with van der Waals surface area (Å²) in [5.74, 6) is 2.16. The molecular formula is C20H23Cl2N3S. The van der Waals surface area contributed by atoms with E-state index in [2.05, 4.69) is 30.3 Å². The predicted octanol–water partition coefficient (Wildman–Crippen LogP) is 6.49. The fourth-order valence-corrected chi connectivity index (χ4v) is 4.51. The molecule has 0 aliphatic carbocycles. The summed E-state index contributed by atoms with van der Waals surface area (Å²) in [5.41, 5.74) is 4.54. The van der Waals surface area contributed by atoms with Crippen molar-refractivity contribution in [2.45, 2.75) is 51.5 Å². The third-order valence-electron chi connectivity index (χ3n) is 4.50. The lowest BCUT2D eigenvalue weighted by Crippen LogP contribution is -2.06. The highest BCUT2D eigenvalue weighted by atomic mass is 35.5. The quantitative estimate of drug-likeness (QED) is 0.331. The molecule has 0 atom stereocenters. The smallest absolute Gasteiger partial charge is 0.109 e. The molecule has 0 amide bonds. The largest absolute Gasteiger partial charge is 0.328 e. The summed E-state index contributed by atoms with van der Waals surface area (Å²) >= 11 is 14.0. The highest BCUT2D eigenvalue weighted by Crippen LogP contribution is 2.30. The van der Waals surface area contributed by atoms with Crippen molar-refractivity contribution in [3.05, 3.63) is 51.5 Å². The highest BCUT2D eigenvalue weighted by molar-refractivity contribution is 7.99. The second-order valence-electron chi connectivity index (χ2n) is 6.41. The van der Waals surface area contributed by atoms with Gasteiger partial charge in [-0.2, -0.15) is 0 Å². The topological polar surface area (TPSA) is 30.7 Å². The van der Waals surface area contributed by atoms with Gasteiger partial charge in [0, 0.05) is 28.6 Å². The van der Waals surface area contributed by atoms with Crippen LogP contribution in [0.5, 0.6) is 0 Å². The minimum atomic E-state index is 0.674. The SMILES string of the molecule is CCCc1nc2cnc(C)c(C)c2n1CCCSc1ccc(Cl)cc1Cl. The fourth-order valence-electron chi connectivity index (χ4n) is 3.08. The molecule has 0 spiro atoms. The Morgan fingerprint density at radius 3 is 2.73 bits per heavy atom. The van der Waals surface area contributed by atoms with Crippen LogP contribution in [-0.4, -0.2) is 20.3 Å². The molecule has 6 heteroatoms. The van der Waals surface area contributed by atoms with E-state index in [1.165, 1.54) is 11.1 Å². The summed E-state index contributed by atoms with van der Waals surface area (Å²) in [6.45, 7) is 7.34. The van der Waals surface area contributed by atoms with E-state index in [1.807, 2.05) is 18.3 Å². The van der Waals surface area contributed by atoms with Gasteiger partial charge in [-0.1, -0.05) is 30.1 Å². The van der Waals surface area contributed by atoms with Crippen LogP contribution in [0.3, 0.4) is 0 Å². The lowest BCUT2D eigenvalue weighted by molar-refractivity contribution is 0.649. The predicted molar refractivity (Wildman–Crippen MR) is 113 cm³/mol. The van der Waals surface area contributed by atoms with E-state index in [4.69, 9.17) is 28.2 Å². The van der Waals surface area contributed by atoms with Gasteiger partial charge >= 0.3 is 0 Å². The second-order valence-corrected chi connectivity index (χ2v) is 8.39. The summed E-state index contributed by atoms with van der Waals surface area (Å²) in [5, 5.41) is 1.40. The van der Waals surface area contributed by atoms with E-state index < -0.39 is 0 Å². The van der Waals surface area contributed by atoms with Crippen LogP contribution < -0.4 is 0 Å². The van der Waals surface area contributed by atoms with Crippen LogP contribution in [0, 0.1) is 13.8 Å². The molecule has 0 fully saturated rings. The number of halogens is 2. The van der Waals surface area contributed by atoms with Crippen LogP contribution in [0.1, 0.15) is 36.8 Å². The first kappa shape index (κ1) is 19.5. The maximum atomic E-state index is 6.26. The van der Waals surface area contributed by atoms with Crippen LogP contribution in [0.15, 0.2) is 29.3 Å².